The third-order valence-electron chi connectivity index (χ3n) is 4.73. The van der Waals surface area contributed by atoms with Gasteiger partial charge in [0.2, 0.25) is 5.91 Å². The van der Waals surface area contributed by atoms with Crippen LogP contribution in [0.2, 0.25) is 0 Å². The number of nitrogens with zero attached hydrogens (tertiary/aromatic N) is 3. The lowest BCUT2D eigenvalue weighted by Gasteiger charge is -2.25. The van der Waals surface area contributed by atoms with E-state index in [-0.39, 0.29) is 6.03 Å². The zero-order chi connectivity index (χ0) is 16.8. The number of benzene rings is 1. The average molecular weight is 315 g/mol. The van der Waals surface area contributed by atoms with Crippen molar-refractivity contribution in [2.75, 3.05) is 32.1 Å². The number of primary amides is 1. The summed E-state index contributed by atoms with van der Waals surface area (Å²) in [5.41, 5.74) is 6.21. The minimum Gasteiger partial charge on any atom is -0.368 e. The molecule has 3 rings (SSSR count). The SMILES string of the molecule is CN(C)C(=N)c1ccc(N2C[C@@]3(C(N)=O)CCCN3C2=O)cc1. The van der Waals surface area contributed by atoms with Gasteiger partial charge in [-0.25, -0.2) is 4.79 Å². The van der Waals surface area contributed by atoms with Crippen LogP contribution in [0.15, 0.2) is 24.3 Å². The minimum absolute atomic E-state index is 0.170. The highest BCUT2D eigenvalue weighted by Crippen LogP contribution is 2.38. The fraction of sp³-hybridized carbons (Fsp3) is 0.438. The molecule has 2 fully saturated rings. The van der Waals surface area contributed by atoms with Crippen LogP contribution in [0.25, 0.3) is 0 Å². The highest BCUT2D eigenvalue weighted by atomic mass is 16.2. The normalized spacial score (nSPS) is 23.1. The standard InChI is InChI=1S/C16H21N5O2/c1-19(2)13(17)11-4-6-12(7-5-11)20-10-16(14(18)22)8-3-9-21(16)15(20)23/h4-7,17H,3,8-10H2,1-2H3,(H2,18,22)/t16-/m1/s1. The lowest BCUT2D eigenvalue weighted by molar-refractivity contribution is -0.125. The van der Waals surface area contributed by atoms with Crippen LogP contribution >= 0.6 is 0 Å². The molecule has 3 amide bonds. The van der Waals surface area contributed by atoms with Crippen molar-refractivity contribution in [2.24, 2.45) is 5.73 Å². The van der Waals surface area contributed by atoms with E-state index in [4.69, 9.17) is 11.1 Å². The molecular weight excluding hydrogens is 294 g/mol. The van der Waals surface area contributed by atoms with Crippen LogP contribution in [0, 0.1) is 5.41 Å². The van der Waals surface area contributed by atoms with E-state index >= 15 is 0 Å². The Bertz CT molecular complexity index is 670. The van der Waals surface area contributed by atoms with E-state index < -0.39 is 11.4 Å². The van der Waals surface area contributed by atoms with Crippen molar-refractivity contribution in [1.82, 2.24) is 9.80 Å². The molecule has 0 aromatic heterocycles. The lowest BCUT2D eigenvalue weighted by Crippen LogP contribution is -2.52. The molecule has 0 unspecified atom stereocenters. The summed E-state index contributed by atoms with van der Waals surface area (Å²) in [7, 11) is 3.62. The molecule has 2 heterocycles. The van der Waals surface area contributed by atoms with Gasteiger partial charge in [0.25, 0.3) is 0 Å². The van der Waals surface area contributed by atoms with Crippen LogP contribution in [0.4, 0.5) is 10.5 Å². The number of rotatable bonds is 3. The van der Waals surface area contributed by atoms with Crippen molar-refractivity contribution >= 4 is 23.5 Å². The Hall–Kier alpha value is -2.57. The number of nitrogens with two attached hydrogens (primary N) is 1. The molecule has 0 aliphatic carbocycles. The smallest absolute Gasteiger partial charge is 0.325 e. The Morgan fingerprint density at radius 2 is 1.96 bits per heavy atom. The number of anilines is 1. The molecule has 0 spiro atoms. The van der Waals surface area contributed by atoms with Gasteiger partial charge in [-0.3, -0.25) is 15.1 Å². The largest absolute Gasteiger partial charge is 0.368 e. The number of hydrogen-bond donors (Lipinski definition) is 2. The van der Waals surface area contributed by atoms with Gasteiger partial charge in [0, 0.05) is 31.9 Å². The van der Waals surface area contributed by atoms with E-state index in [0.29, 0.717) is 25.3 Å². The summed E-state index contributed by atoms with van der Waals surface area (Å²) in [5, 5.41) is 7.97. The quantitative estimate of drug-likeness (QED) is 0.639. The molecule has 0 saturated carbocycles. The van der Waals surface area contributed by atoms with Crippen molar-refractivity contribution in [3.8, 4) is 0 Å². The Balaban J connectivity index is 1.87. The maximum absolute atomic E-state index is 12.6. The lowest BCUT2D eigenvalue weighted by atomic mass is 9.96. The Morgan fingerprint density at radius 3 is 2.48 bits per heavy atom. The van der Waals surface area contributed by atoms with Gasteiger partial charge >= 0.3 is 6.03 Å². The second kappa shape index (κ2) is 5.26. The van der Waals surface area contributed by atoms with Gasteiger partial charge in [0.1, 0.15) is 11.4 Å². The molecule has 0 bridgehead atoms. The molecule has 7 nitrogen and oxygen atoms in total. The monoisotopic (exact) mass is 315 g/mol. The number of urea groups is 1. The molecule has 0 radical (unpaired) electrons. The van der Waals surface area contributed by atoms with E-state index in [1.165, 1.54) is 0 Å². The van der Waals surface area contributed by atoms with Gasteiger partial charge in [0.05, 0.1) is 6.54 Å². The van der Waals surface area contributed by atoms with Crippen LogP contribution in [-0.4, -0.2) is 60.3 Å². The minimum atomic E-state index is -0.869. The fourth-order valence-corrected chi connectivity index (χ4v) is 3.39. The highest BCUT2D eigenvalue weighted by molar-refractivity contribution is 6.03. The molecule has 2 saturated heterocycles. The zero-order valence-corrected chi connectivity index (χ0v) is 13.4. The first kappa shape index (κ1) is 15.3. The third kappa shape index (κ3) is 2.23. The summed E-state index contributed by atoms with van der Waals surface area (Å²) < 4.78 is 0. The summed E-state index contributed by atoms with van der Waals surface area (Å²) in [6.07, 6.45) is 1.43. The summed E-state index contributed by atoms with van der Waals surface area (Å²) in [6, 6.07) is 7.07. The average Bonchev–Trinajstić information content (AvgIpc) is 3.07. The van der Waals surface area contributed by atoms with Gasteiger partial charge in [-0.15, -0.1) is 0 Å². The fourth-order valence-electron chi connectivity index (χ4n) is 3.39. The van der Waals surface area contributed by atoms with Crippen LogP contribution in [-0.2, 0) is 4.79 Å². The number of fused-ring (bicyclic) bond motifs is 1. The van der Waals surface area contributed by atoms with Crippen molar-refractivity contribution in [2.45, 2.75) is 18.4 Å². The molecule has 3 N–H and O–H groups in total. The van der Waals surface area contributed by atoms with Gasteiger partial charge < -0.3 is 15.5 Å². The molecular formula is C16H21N5O2. The van der Waals surface area contributed by atoms with Crippen LogP contribution in [0.5, 0.6) is 0 Å². The van der Waals surface area contributed by atoms with Gasteiger partial charge in [-0.1, -0.05) is 0 Å². The van der Waals surface area contributed by atoms with E-state index in [1.807, 2.05) is 38.4 Å². The number of hydrogen-bond acceptors (Lipinski definition) is 3. The summed E-state index contributed by atoms with van der Waals surface area (Å²) in [4.78, 5) is 29.5. The van der Waals surface area contributed by atoms with E-state index in [0.717, 1.165) is 17.7 Å². The van der Waals surface area contributed by atoms with E-state index in [9.17, 15) is 9.59 Å². The third-order valence-corrected chi connectivity index (χ3v) is 4.73. The topological polar surface area (TPSA) is 93.7 Å². The first-order valence-electron chi connectivity index (χ1n) is 7.62. The van der Waals surface area contributed by atoms with E-state index in [2.05, 4.69) is 0 Å². The molecule has 2 aliphatic heterocycles. The molecule has 1 aromatic rings. The number of nitrogens with one attached hydrogen (secondary N) is 1. The summed E-state index contributed by atoms with van der Waals surface area (Å²) >= 11 is 0. The van der Waals surface area contributed by atoms with Crippen molar-refractivity contribution in [3.63, 3.8) is 0 Å². The van der Waals surface area contributed by atoms with Gasteiger partial charge in [-0.2, -0.15) is 0 Å². The predicted molar refractivity (Wildman–Crippen MR) is 87.6 cm³/mol. The first-order valence-corrected chi connectivity index (χ1v) is 7.62. The van der Waals surface area contributed by atoms with Crippen molar-refractivity contribution in [3.05, 3.63) is 29.8 Å². The second-order valence-electron chi connectivity index (χ2n) is 6.31. The van der Waals surface area contributed by atoms with Crippen LogP contribution in [0.1, 0.15) is 18.4 Å². The Kier molecular flexibility index (Phi) is 3.50. The first-order chi connectivity index (χ1) is 10.9. The second-order valence-corrected chi connectivity index (χ2v) is 6.31. The maximum Gasteiger partial charge on any atom is 0.325 e. The summed E-state index contributed by atoms with van der Waals surface area (Å²) in [5.74, 6) is -0.0321. The zero-order valence-electron chi connectivity index (χ0n) is 13.4. The van der Waals surface area contributed by atoms with Crippen molar-refractivity contribution in [1.29, 1.82) is 5.41 Å². The molecule has 23 heavy (non-hydrogen) atoms. The number of amidine groups is 1. The van der Waals surface area contributed by atoms with Gasteiger partial charge in [-0.05, 0) is 37.1 Å². The highest BCUT2D eigenvalue weighted by Gasteiger charge is 2.56. The predicted octanol–water partition coefficient (Wildman–Crippen LogP) is 0.833. The number of amides is 3. The molecule has 1 atom stereocenters. The molecule has 1 aromatic carbocycles. The van der Waals surface area contributed by atoms with Crippen molar-refractivity contribution < 1.29 is 9.59 Å². The molecule has 7 heteroatoms. The number of carbonyl (C=O) groups is 2. The van der Waals surface area contributed by atoms with Gasteiger partial charge in [0.15, 0.2) is 0 Å². The van der Waals surface area contributed by atoms with Crippen LogP contribution < -0.4 is 10.6 Å². The van der Waals surface area contributed by atoms with Crippen LogP contribution in [0.3, 0.4) is 0 Å². The Labute approximate surface area is 135 Å². The maximum atomic E-state index is 12.6. The number of carbonyl (C=O) groups excluding carboxylic acids is 2. The molecule has 122 valence electrons. The summed E-state index contributed by atoms with van der Waals surface area (Å²) in [6.45, 7) is 0.868. The van der Waals surface area contributed by atoms with E-state index in [1.54, 1.807) is 14.7 Å². The Morgan fingerprint density at radius 1 is 1.30 bits per heavy atom. The molecule has 2 aliphatic rings.